The van der Waals surface area contributed by atoms with Crippen molar-refractivity contribution in [3.05, 3.63) is 0 Å². The van der Waals surface area contributed by atoms with Crippen LogP contribution in [0.15, 0.2) is 0 Å². The molecule has 1 saturated heterocycles. The van der Waals surface area contributed by atoms with Gasteiger partial charge < -0.3 is 28.7 Å². The van der Waals surface area contributed by atoms with Crippen molar-refractivity contribution in [2.45, 2.75) is 195 Å². The molecule has 372 valence electrons. The van der Waals surface area contributed by atoms with E-state index in [1.807, 2.05) is 9.80 Å². The van der Waals surface area contributed by atoms with Gasteiger partial charge in [-0.05, 0) is 221 Å². The molecule has 9 rings (SSSR count). The van der Waals surface area contributed by atoms with Crippen molar-refractivity contribution in [2.24, 2.45) is 92.7 Å². The molecular weight excluding hydrogens is 829 g/mol. The molecule has 0 aromatic heterocycles. The number of hydrogen-bond acceptors (Lipinski definition) is 8. The maximum absolute atomic E-state index is 13.7. The second kappa shape index (κ2) is 19.0. The molecule has 8 saturated carbocycles. The van der Waals surface area contributed by atoms with Crippen LogP contribution in [0, 0.1) is 92.7 Å². The normalized spacial score (nSPS) is 44.8. The first kappa shape index (κ1) is 48.5. The Hall–Kier alpha value is -2.52. The summed E-state index contributed by atoms with van der Waals surface area (Å²) < 4.78 is 22.6. The molecule has 9 aliphatic rings. The summed E-state index contributed by atoms with van der Waals surface area (Å²) in [6, 6.07) is 0. The summed E-state index contributed by atoms with van der Waals surface area (Å²) in [4.78, 5) is 54.9. The quantitative estimate of drug-likeness (QED) is 0.157. The van der Waals surface area contributed by atoms with Gasteiger partial charge in [0.2, 0.25) is 0 Å². The first-order valence-electron chi connectivity index (χ1n) is 27.6. The second-order valence-electron chi connectivity index (χ2n) is 25.5. The monoisotopic (exact) mass is 919 g/mol. The molecule has 8 aliphatic carbocycles. The van der Waals surface area contributed by atoms with E-state index >= 15 is 0 Å². The molecule has 0 radical (unpaired) electrons. The van der Waals surface area contributed by atoms with Crippen LogP contribution in [0.3, 0.4) is 0 Å². The number of carbonyl (C=O) groups is 4. The van der Waals surface area contributed by atoms with E-state index in [1.165, 1.54) is 91.3 Å². The predicted molar refractivity (Wildman–Crippen MR) is 255 cm³/mol. The van der Waals surface area contributed by atoms with Crippen molar-refractivity contribution in [3.63, 3.8) is 0 Å². The van der Waals surface area contributed by atoms with Crippen LogP contribution in [0.25, 0.3) is 0 Å². The second-order valence-corrected chi connectivity index (χ2v) is 25.5. The van der Waals surface area contributed by atoms with Gasteiger partial charge in [0, 0.05) is 39.0 Å². The first-order valence-corrected chi connectivity index (χ1v) is 27.6. The molecule has 0 aromatic rings. The number of nitrogens with zero attached hydrogens (tertiary/aromatic N) is 2. The Bertz CT molecular complexity index is 1660. The van der Waals surface area contributed by atoms with Gasteiger partial charge >= 0.3 is 24.1 Å². The van der Waals surface area contributed by atoms with Gasteiger partial charge in [0.1, 0.15) is 12.2 Å². The van der Waals surface area contributed by atoms with Crippen LogP contribution in [0.2, 0.25) is 0 Å². The smallest absolute Gasteiger partial charge is 0.410 e. The Morgan fingerprint density at radius 3 is 1.23 bits per heavy atom. The number of piperazine rings is 1. The van der Waals surface area contributed by atoms with Crippen molar-refractivity contribution in [1.82, 2.24) is 9.80 Å². The molecule has 1 aliphatic heterocycles. The SMILES string of the molecule is COC(=O)CC[C@@H](C)[C@H]1CC[C@H]2[C@@H]3CC[C@@H]4C[C@H](OC(=O)N5CCN(C(=O)O[C@@H]6CC[C@@]7(C)[C@H](CC[C@@H]8[C@@H]7CC[C@]7(C)[C@@H]([C@H](C)CCC(=O)OC)CC[C@@H]87)C6)CC5)CC[C@]4(C)[C@H]3CC[C@]12C. The van der Waals surface area contributed by atoms with Crippen molar-refractivity contribution in [3.8, 4) is 0 Å². The molecule has 10 heteroatoms. The van der Waals surface area contributed by atoms with E-state index in [4.69, 9.17) is 18.9 Å². The van der Waals surface area contributed by atoms with E-state index in [9.17, 15) is 19.2 Å². The molecular formula is C56H90N2O8. The van der Waals surface area contributed by atoms with Gasteiger partial charge in [-0.15, -0.1) is 0 Å². The standard InChI is InChI=1S/C56H90N2O8/c1-35(9-19-49(59)63-7)43-15-17-45-41-13-11-37-33-39(21-25-53(37,3)47(41)23-27-55(43,45)5)65-51(61)57-29-31-58(32-30-57)52(62)66-40-22-26-54(4)38(34-40)12-14-42-46-18-16-44(36(2)10-20-50(60)64-8)56(46,6)28-24-48(42)54/h35-48H,9-34H2,1-8H3/t35-,36-,37-,38-,39-,40-,41+,42+,43-,44-,45+,46+,47+,48+,53+,54+,55-,56-/m1/s1. The Kier molecular flexibility index (Phi) is 14.0. The molecule has 2 amide bonds. The van der Waals surface area contributed by atoms with Gasteiger partial charge in [0.15, 0.2) is 0 Å². The lowest BCUT2D eigenvalue weighted by Gasteiger charge is -2.61. The predicted octanol–water partition coefficient (Wildman–Crippen LogP) is 12.1. The molecule has 1 heterocycles. The zero-order valence-corrected chi connectivity index (χ0v) is 42.6. The zero-order chi connectivity index (χ0) is 46.8. The molecule has 0 spiro atoms. The number of esters is 2. The summed E-state index contributed by atoms with van der Waals surface area (Å²) in [5, 5.41) is 0. The van der Waals surface area contributed by atoms with Crippen LogP contribution in [0.5, 0.6) is 0 Å². The van der Waals surface area contributed by atoms with Crippen molar-refractivity contribution in [1.29, 1.82) is 0 Å². The minimum absolute atomic E-state index is 0.0243. The lowest BCUT2D eigenvalue weighted by Crippen LogP contribution is -2.55. The maximum Gasteiger partial charge on any atom is 0.410 e. The summed E-state index contributed by atoms with van der Waals surface area (Å²) in [6.07, 6.45) is 24.2. The van der Waals surface area contributed by atoms with Crippen LogP contribution < -0.4 is 0 Å². The number of amides is 2. The highest BCUT2D eigenvalue weighted by molar-refractivity contribution is 5.71. The Morgan fingerprint density at radius 2 is 0.848 bits per heavy atom. The van der Waals surface area contributed by atoms with E-state index in [0.29, 0.717) is 96.2 Å². The van der Waals surface area contributed by atoms with Gasteiger partial charge in [-0.2, -0.15) is 0 Å². The number of rotatable bonds is 10. The first-order chi connectivity index (χ1) is 31.5. The Labute approximate surface area is 398 Å². The molecule has 0 N–H and O–H groups in total. The van der Waals surface area contributed by atoms with E-state index in [2.05, 4.69) is 41.5 Å². The van der Waals surface area contributed by atoms with Crippen molar-refractivity contribution >= 4 is 24.1 Å². The van der Waals surface area contributed by atoms with E-state index in [1.54, 1.807) is 0 Å². The Balaban J connectivity index is 0.709. The minimum atomic E-state index is -0.205. The molecule has 66 heavy (non-hydrogen) atoms. The summed E-state index contributed by atoms with van der Waals surface area (Å²) in [5.74, 6) is 8.19. The number of hydrogen-bond donors (Lipinski definition) is 0. The zero-order valence-electron chi connectivity index (χ0n) is 42.6. The topological polar surface area (TPSA) is 112 Å². The van der Waals surface area contributed by atoms with Crippen molar-refractivity contribution < 1.29 is 38.1 Å². The molecule has 9 fully saturated rings. The van der Waals surface area contributed by atoms with Gasteiger partial charge in [0.05, 0.1) is 14.2 Å². The average Bonchev–Trinajstić information content (AvgIpc) is 3.86. The number of ether oxygens (including phenoxy) is 4. The van der Waals surface area contributed by atoms with Gasteiger partial charge in [-0.1, -0.05) is 41.5 Å². The van der Waals surface area contributed by atoms with Crippen LogP contribution >= 0.6 is 0 Å². The fourth-order valence-corrected chi connectivity index (χ4v) is 19.4. The third-order valence-corrected chi connectivity index (χ3v) is 23.1. The fraction of sp³-hybridized carbons (Fsp3) is 0.929. The van der Waals surface area contributed by atoms with E-state index in [0.717, 1.165) is 86.9 Å². The summed E-state index contributed by atoms with van der Waals surface area (Å²) in [7, 11) is 3.00. The highest BCUT2D eigenvalue weighted by Gasteiger charge is 2.63. The summed E-state index contributed by atoms with van der Waals surface area (Å²) in [5.41, 5.74) is 1.38. The average molecular weight is 919 g/mol. The largest absolute Gasteiger partial charge is 0.469 e. The lowest BCUT2D eigenvalue weighted by atomic mass is 9.44. The van der Waals surface area contributed by atoms with Gasteiger partial charge in [0.25, 0.3) is 0 Å². The Morgan fingerprint density at radius 1 is 0.485 bits per heavy atom. The third kappa shape index (κ3) is 8.62. The number of methoxy groups -OCH3 is 2. The highest BCUT2D eigenvalue weighted by Crippen LogP contribution is 2.70. The molecule has 0 aromatic carbocycles. The van der Waals surface area contributed by atoms with Crippen LogP contribution in [-0.4, -0.2) is 86.5 Å². The van der Waals surface area contributed by atoms with E-state index in [-0.39, 0.29) is 36.3 Å². The molecule has 0 bridgehead atoms. The summed E-state index contributed by atoms with van der Waals surface area (Å²) >= 11 is 0. The fourth-order valence-electron chi connectivity index (χ4n) is 19.4. The van der Waals surface area contributed by atoms with Crippen molar-refractivity contribution in [2.75, 3.05) is 40.4 Å². The maximum atomic E-state index is 13.7. The lowest BCUT2D eigenvalue weighted by molar-refractivity contribution is -0.142. The highest BCUT2D eigenvalue weighted by atomic mass is 16.6. The number of fused-ring (bicyclic) bond motifs is 10. The molecule has 0 unspecified atom stereocenters. The van der Waals surface area contributed by atoms with Crippen LogP contribution in [0.1, 0.15) is 183 Å². The van der Waals surface area contributed by atoms with Gasteiger partial charge in [-0.25, -0.2) is 9.59 Å². The van der Waals surface area contributed by atoms with Gasteiger partial charge in [-0.3, -0.25) is 9.59 Å². The summed E-state index contributed by atoms with van der Waals surface area (Å²) in [6.45, 7) is 17.1. The molecule has 18 atom stereocenters. The van der Waals surface area contributed by atoms with E-state index < -0.39 is 0 Å². The van der Waals surface area contributed by atoms with Crippen LogP contribution in [0.4, 0.5) is 9.59 Å². The minimum Gasteiger partial charge on any atom is -0.469 e. The number of carbonyl (C=O) groups excluding carboxylic acids is 4. The third-order valence-electron chi connectivity index (χ3n) is 23.1. The van der Waals surface area contributed by atoms with Crippen LogP contribution in [-0.2, 0) is 28.5 Å². The molecule has 10 nitrogen and oxygen atoms in total.